The first-order chi connectivity index (χ1) is 14.2. The fourth-order valence-corrected chi connectivity index (χ4v) is 3.79. The van der Waals surface area contributed by atoms with E-state index >= 15 is 0 Å². The summed E-state index contributed by atoms with van der Waals surface area (Å²) in [5.74, 6) is -0.962. The van der Waals surface area contributed by atoms with Crippen LogP contribution in [0.1, 0.15) is 21.7 Å². The number of nitrogens with one attached hydrogen (secondary N) is 3. The largest absolute Gasteiger partial charge is 0.280 e. The van der Waals surface area contributed by atoms with Crippen LogP contribution in [0.3, 0.4) is 0 Å². The van der Waals surface area contributed by atoms with Crippen molar-refractivity contribution in [2.75, 3.05) is 4.72 Å². The topological polar surface area (TPSA) is 122 Å². The number of benzene rings is 2. The molecule has 2 amide bonds. The molecule has 0 aliphatic carbocycles. The van der Waals surface area contributed by atoms with Gasteiger partial charge < -0.3 is 0 Å². The van der Waals surface area contributed by atoms with E-state index in [4.69, 9.17) is 0 Å². The van der Waals surface area contributed by atoms with E-state index in [-0.39, 0.29) is 17.0 Å². The number of sulfonamides is 1. The molecule has 0 fully saturated rings. The molecule has 156 valence electrons. The van der Waals surface area contributed by atoms with Crippen molar-refractivity contribution in [3.8, 4) is 0 Å². The van der Waals surface area contributed by atoms with Crippen LogP contribution in [0.15, 0.2) is 65.6 Å². The number of aryl methyl sites for hydroxylation is 2. The fourth-order valence-electron chi connectivity index (χ4n) is 2.71. The van der Waals surface area contributed by atoms with Crippen molar-refractivity contribution in [1.29, 1.82) is 0 Å². The highest BCUT2D eigenvalue weighted by atomic mass is 32.2. The van der Waals surface area contributed by atoms with Crippen LogP contribution < -0.4 is 15.6 Å². The van der Waals surface area contributed by atoms with Gasteiger partial charge in [-0.3, -0.25) is 29.8 Å². The Hall–Kier alpha value is -3.66. The number of hydrogen-bond donors (Lipinski definition) is 3. The summed E-state index contributed by atoms with van der Waals surface area (Å²) >= 11 is 0. The molecule has 9 nitrogen and oxygen atoms in total. The summed E-state index contributed by atoms with van der Waals surface area (Å²) in [6.45, 7) is 3.63. The predicted octanol–water partition coefficient (Wildman–Crippen LogP) is 1.76. The quantitative estimate of drug-likeness (QED) is 0.518. The molecule has 0 radical (unpaired) electrons. The number of hydrogen-bond acceptors (Lipinski definition) is 5. The van der Waals surface area contributed by atoms with Gasteiger partial charge in [0.25, 0.3) is 21.8 Å². The van der Waals surface area contributed by atoms with Gasteiger partial charge in [0.15, 0.2) is 0 Å². The van der Waals surface area contributed by atoms with Crippen molar-refractivity contribution in [2.45, 2.75) is 25.3 Å². The Balaban J connectivity index is 1.56. The third-order valence-electron chi connectivity index (χ3n) is 4.16. The fraction of sp³-hybridized carbons (Fsp3) is 0.150. The summed E-state index contributed by atoms with van der Waals surface area (Å²) in [7, 11) is -3.72. The predicted molar refractivity (Wildman–Crippen MR) is 111 cm³/mol. The molecule has 1 aromatic heterocycles. The maximum absolute atomic E-state index is 12.3. The van der Waals surface area contributed by atoms with E-state index in [1.165, 1.54) is 41.1 Å². The highest BCUT2D eigenvalue weighted by Gasteiger charge is 2.14. The van der Waals surface area contributed by atoms with E-state index in [9.17, 15) is 18.0 Å². The Bertz CT molecular complexity index is 1160. The third-order valence-corrected chi connectivity index (χ3v) is 5.56. The first kappa shape index (κ1) is 21.1. The number of nitrogens with zero attached hydrogens (tertiary/aromatic N) is 2. The van der Waals surface area contributed by atoms with E-state index in [0.29, 0.717) is 5.69 Å². The van der Waals surface area contributed by atoms with Crippen molar-refractivity contribution in [2.24, 2.45) is 0 Å². The second kappa shape index (κ2) is 8.78. The molecule has 30 heavy (non-hydrogen) atoms. The zero-order valence-corrected chi connectivity index (χ0v) is 17.2. The Morgan fingerprint density at radius 3 is 2.23 bits per heavy atom. The summed E-state index contributed by atoms with van der Waals surface area (Å²) in [5, 5.41) is 4.18. The van der Waals surface area contributed by atoms with Crippen LogP contribution in [0.25, 0.3) is 0 Å². The highest BCUT2D eigenvalue weighted by Crippen LogP contribution is 2.16. The minimum Gasteiger partial charge on any atom is -0.280 e. The van der Waals surface area contributed by atoms with Crippen LogP contribution in [-0.2, 0) is 21.4 Å². The third kappa shape index (κ3) is 5.23. The van der Waals surface area contributed by atoms with Crippen molar-refractivity contribution in [3.05, 3.63) is 77.6 Å². The minimum atomic E-state index is -3.72. The first-order valence-corrected chi connectivity index (χ1v) is 10.5. The van der Waals surface area contributed by atoms with Crippen LogP contribution >= 0.6 is 0 Å². The Kier molecular flexibility index (Phi) is 6.17. The summed E-state index contributed by atoms with van der Waals surface area (Å²) in [4.78, 5) is 24.3. The standard InChI is InChI=1S/C20H21N5O4S/c1-14-12-15(2)25(23-14)13-19(26)21-22-20(27)16-8-10-17(11-9-16)24-30(28,29)18-6-4-3-5-7-18/h3-12,24H,13H2,1-2H3,(H,21,26)(H,22,27). The van der Waals surface area contributed by atoms with Crippen LogP contribution in [0.2, 0.25) is 0 Å². The lowest BCUT2D eigenvalue weighted by molar-refractivity contribution is -0.122. The molecule has 0 saturated carbocycles. The van der Waals surface area contributed by atoms with Gasteiger partial charge in [0, 0.05) is 16.9 Å². The van der Waals surface area contributed by atoms with Gasteiger partial charge in [-0.1, -0.05) is 18.2 Å². The number of carbonyl (C=O) groups excluding carboxylic acids is 2. The van der Waals surface area contributed by atoms with Crippen LogP contribution in [-0.4, -0.2) is 30.0 Å². The van der Waals surface area contributed by atoms with Gasteiger partial charge in [-0.05, 0) is 56.3 Å². The molecule has 0 bridgehead atoms. The number of carbonyl (C=O) groups is 2. The second-order valence-corrected chi connectivity index (χ2v) is 8.27. The molecular weight excluding hydrogens is 406 g/mol. The van der Waals surface area contributed by atoms with Crippen molar-refractivity contribution in [3.63, 3.8) is 0 Å². The first-order valence-electron chi connectivity index (χ1n) is 9.03. The molecule has 0 aliphatic heterocycles. The average molecular weight is 427 g/mol. The molecule has 0 saturated heterocycles. The maximum atomic E-state index is 12.3. The molecule has 0 unspecified atom stereocenters. The van der Waals surface area contributed by atoms with Gasteiger partial charge in [-0.25, -0.2) is 8.42 Å². The van der Waals surface area contributed by atoms with Crippen molar-refractivity contribution < 1.29 is 18.0 Å². The number of aromatic nitrogens is 2. The van der Waals surface area contributed by atoms with Crippen molar-refractivity contribution >= 4 is 27.5 Å². The molecule has 10 heteroatoms. The van der Waals surface area contributed by atoms with E-state index in [0.717, 1.165) is 11.4 Å². The van der Waals surface area contributed by atoms with Crippen LogP contribution in [0.4, 0.5) is 5.69 Å². The molecular formula is C20H21N5O4S. The van der Waals surface area contributed by atoms with Gasteiger partial charge in [-0.2, -0.15) is 5.10 Å². The Labute approximate surface area is 174 Å². The van der Waals surface area contributed by atoms with Gasteiger partial charge >= 0.3 is 0 Å². The number of amides is 2. The zero-order chi connectivity index (χ0) is 21.7. The molecule has 3 rings (SSSR count). The van der Waals surface area contributed by atoms with Gasteiger partial charge in [-0.15, -0.1) is 0 Å². The average Bonchev–Trinajstić information content (AvgIpc) is 3.03. The number of hydrazine groups is 1. The SMILES string of the molecule is Cc1cc(C)n(CC(=O)NNC(=O)c2ccc(NS(=O)(=O)c3ccccc3)cc2)n1. The molecule has 0 atom stereocenters. The summed E-state index contributed by atoms with van der Waals surface area (Å²) in [5.41, 5.74) is 6.85. The van der Waals surface area contributed by atoms with Crippen LogP contribution in [0.5, 0.6) is 0 Å². The Morgan fingerprint density at radius 1 is 0.967 bits per heavy atom. The number of rotatable bonds is 6. The molecule has 2 aromatic carbocycles. The van der Waals surface area contributed by atoms with E-state index in [2.05, 4.69) is 20.7 Å². The normalized spacial score (nSPS) is 11.0. The lowest BCUT2D eigenvalue weighted by atomic mass is 10.2. The summed E-state index contributed by atoms with van der Waals surface area (Å²) < 4.78 is 28.6. The number of anilines is 1. The smallest absolute Gasteiger partial charge is 0.269 e. The lowest BCUT2D eigenvalue weighted by Crippen LogP contribution is -2.43. The Morgan fingerprint density at radius 2 is 1.63 bits per heavy atom. The van der Waals surface area contributed by atoms with Crippen molar-refractivity contribution in [1.82, 2.24) is 20.6 Å². The monoisotopic (exact) mass is 427 g/mol. The summed E-state index contributed by atoms with van der Waals surface area (Å²) in [6.07, 6.45) is 0. The second-order valence-electron chi connectivity index (χ2n) is 6.58. The minimum absolute atomic E-state index is 0.0276. The van der Waals surface area contributed by atoms with Crippen LogP contribution in [0, 0.1) is 13.8 Å². The molecule has 0 spiro atoms. The maximum Gasteiger partial charge on any atom is 0.269 e. The molecule has 3 N–H and O–H groups in total. The molecule has 0 aliphatic rings. The van der Waals surface area contributed by atoms with Gasteiger partial charge in [0.05, 0.1) is 10.6 Å². The van der Waals surface area contributed by atoms with E-state index in [1.54, 1.807) is 18.2 Å². The summed E-state index contributed by atoms with van der Waals surface area (Å²) in [6, 6.07) is 15.6. The highest BCUT2D eigenvalue weighted by molar-refractivity contribution is 7.92. The lowest BCUT2D eigenvalue weighted by Gasteiger charge is -2.10. The molecule has 1 heterocycles. The zero-order valence-electron chi connectivity index (χ0n) is 16.4. The molecule has 3 aromatic rings. The van der Waals surface area contributed by atoms with E-state index < -0.39 is 21.8 Å². The van der Waals surface area contributed by atoms with Gasteiger partial charge in [0.2, 0.25) is 0 Å². The van der Waals surface area contributed by atoms with Gasteiger partial charge in [0.1, 0.15) is 6.54 Å². The van der Waals surface area contributed by atoms with E-state index in [1.807, 2.05) is 19.9 Å².